The monoisotopic (exact) mass is 390 g/mol. The van der Waals surface area contributed by atoms with Gasteiger partial charge < -0.3 is 9.84 Å². The molecule has 1 amide bonds. The average molecular weight is 390 g/mol. The van der Waals surface area contributed by atoms with Gasteiger partial charge in [0.05, 0.1) is 16.6 Å². The zero-order valence-corrected chi connectivity index (χ0v) is 16.8. The first-order chi connectivity index (χ1) is 14.2. The number of hydrogen-bond acceptors (Lipinski definition) is 5. The molecule has 5 rings (SSSR count). The molecule has 1 aromatic carbocycles. The molecule has 0 atom stereocenters. The molecule has 2 aromatic heterocycles. The van der Waals surface area contributed by atoms with Gasteiger partial charge in [-0.15, -0.1) is 0 Å². The van der Waals surface area contributed by atoms with Gasteiger partial charge in [-0.2, -0.15) is 0 Å². The van der Waals surface area contributed by atoms with Gasteiger partial charge >= 0.3 is 0 Å². The number of nitrogens with one attached hydrogen (secondary N) is 1. The van der Waals surface area contributed by atoms with Crippen LogP contribution in [0.1, 0.15) is 64.5 Å². The molecule has 1 aliphatic heterocycles. The van der Waals surface area contributed by atoms with Crippen molar-refractivity contribution in [2.45, 2.75) is 51.6 Å². The molecule has 1 N–H and O–H groups in total. The van der Waals surface area contributed by atoms with E-state index < -0.39 is 0 Å². The Labute approximate surface area is 170 Å². The maximum absolute atomic E-state index is 13.1. The van der Waals surface area contributed by atoms with Crippen LogP contribution >= 0.6 is 0 Å². The van der Waals surface area contributed by atoms with Crippen LogP contribution in [0.4, 0.5) is 0 Å². The number of carbonyl (C=O) groups excluding carboxylic acids is 1. The summed E-state index contributed by atoms with van der Waals surface area (Å²) in [4.78, 5) is 20.2. The molecule has 1 aliphatic carbocycles. The minimum atomic E-state index is -0.0958. The van der Waals surface area contributed by atoms with Crippen molar-refractivity contribution in [2.75, 3.05) is 13.1 Å². The molecular weight excluding hydrogens is 364 g/mol. The van der Waals surface area contributed by atoms with Gasteiger partial charge in [0.15, 0.2) is 0 Å². The molecule has 29 heavy (non-hydrogen) atoms. The fourth-order valence-corrected chi connectivity index (χ4v) is 4.22. The predicted octanol–water partition coefficient (Wildman–Crippen LogP) is 3.93. The van der Waals surface area contributed by atoms with E-state index in [0.717, 1.165) is 43.6 Å². The molecule has 6 heteroatoms. The third-order valence-electron chi connectivity index (χ3n) is 6.03. The summed E-state index contributed by atoms with van der Waals surface area (Å²) < 4.78 is 5.37. The number of fused-ring (bicyclic) bond motifs is 1. The number of amides is 1. The van der Waals surface area contributed by atoms with Crippen molar-refractivity contribution in [3.8, 4) is 0 Å². The maximum atomic E-state index is 13.1. The summed E-state index contributed by atoms with van der Waals surface area (Å²) in [5.41, 5.74) is 5.18. The van der Waals surface area contributed by atoms with Crippen LogP contribution in [0.3, 0.4) is 0 Å². The predicted molar refractivity (Wildman–Crippen MR) is 111 cm³/mol. The van der Waals surface area contributed by atoms with Gasteiger partial charge in [-0.1, -0.05) is 29.4 Å². The zero-order chi connectivity index (χ0) is 19.8. The molecule has 0 spiro atoms. The fraction of sp³-hybridized carbons (Fsp3) is 0.435. The number of rotatable bonds is 6. The molecule has 0 bridgehead atoms. The molecule has 150 valence electrons. The smallest absolute Gasteiger partial charge is 0.259 e. The van der Waals surface area contributed by atoms with E-state index in [1.165, 1.54) is 24.0 Å². The van der Waals surface area contributed by atoms with Gasteiger partial charge in [-0.3, -0.25) is 9.69 Å². The zero-order valence-electron chi connectivity index (χ0n) is 16.8. The molecule has 2 fully saturated rings. The van der Waals surface area contributed by atoms with E-state index in [0.29, 0.717) is 29.4 Å². The number of benzene rings is 1. The Bertz CT molecular complexity index is 1050. The first kappa shape index (κ1) is 18.3. The first-order valence-electron chi connectivity index (χ1n) is 10.5. The largest absolute Gasteiger partial charge is 0.348 e. The van der Waals surface area contributed by atoms with E-state index in [4.69, 9.17) is 4.52 Å². The van der Waals surface area contributed by atoms with E-state index in [1.807, 2.05) is 19.1 Å². The van der Waals surface area contributed by atoms with Gasteiger partial charge in [-0.05, 0) is 62.9 Å². The second-order valence-electron chi connectivity index (χ2n) is 8.25. The van der Waals surface area contributed by atoms with Crippen molar-refractivity contribution in [2.24, 2.45) is 0 Å². The van der Waals surface area contributed by atoms with Crippen LogP contribution < -0.4 is 5.32 Å². The number of aromatic nitrogens is 2. The molecular formula is C23H26N4O2. The lowest BCUT2D eigenvalue weighted by atomic mass is 10.1. The quantitative estimate of drug-likeness (QED) is 0.690. The standard InChI is InChI=1S/C23H26N4O2/c1-15-21-19(12-20(16-8-9-16)25-23(21)29-26-15)22(28)24-13-17-6-2-3-7-18(17)14-27-10-4-5-11-27/h2-3,6-7,12,16H,4-5,8-11,13-14H2,1H3,(H,24,28). The van der Waals surface area contributed by atoms with Crippen molar-refractivity contribution in [3.05, 3.63) is 58.4 Å². The van der Waals surface area contributed by atoms with Crippen molar-refractivity contribution < 1.29 is 9.32 Å². The van der Waals surface area contributed by atoms with Crippen LogP contribution in [-0.4, -0.2) is 34.0 Å². The Morgan fingerprint density at radius 1 is 1.21 bits per heavy atom. The van der Waals surface area contributed by atoms with E-state index in [-0.39, 0.29) is 5.91 Å². The van der Waals surface area contributed by atoms with Crippen LogP contribution in [0, 0.1) is 6.92 Å². The average Bonchev–Trinajstić information content (AvgIpc) is 3.35. The lowest BCUT2D eigenvalue weighted by molar-refractivity contribution is 0.0952. The third kappa shape index (κ3) is 3.77. The number of likely N-dealkylation sites (tertiary alicyclic amines) is 1. The third-order valence-corrected chi connectivity index (χ3v) is 6.03. The van der Waals surface area contributed by atoms with Crippen LogP contribution in [0.25, 0.3) is 11.1 Å². The summed E-state index contributed by atoms with van der Waals surface area (Å²) in [5, 5.41) is 7.87. The van der Waals surface area contributed by atoms with Gasteiger partial charge in [0, 0.05) is 24.7 Å². The molecule has 3 aromatic rings. The second kappa shape index (κ2) is 7.59. The number of carbonyl (C=O) groups is 1. The Hall–Kier alpha value is -2.73. The van der Waals surface area contributed by atoms with Crippen molar-refractivity contribution >= 4 is 17.0 Å². The summed E-state index contributed by atoms with van der Waals surface area (Å²) in [6.07, 6.45) is 4.80. The van der Waals surface area contributed by atoms with Crippen molar-refractivity contribution in [1.82, 2.24) is 20.4 Å². The summed E-state index contributed by atoms with van der Waals surface area (Å²) in [7, 11) is 0. The van der Waals surface area contributed by atoms with Gasteiger partial charge in [-0.25, -0.2) is 4.98 Å². The number of nitrogens with zero attached hydrogens (tertiary/aromatic N) is 3. The number of hydrogen-bond donors (Lipinski definition) is 1. The Kier molecular flexibility index (Phi) is 4.79. The summed E-state index contributed by atoms with van der Waals surface area (Å²) >= 11 is 0. The SMILES string of the molecule is Cc1noc2nc(C3CC3)cc(C(=O)NCc3ccccc3CN3CCCC3)c12. The molecule has 1 saturated carbocycles. The lowest BCUT2D eigenvalue weighted by Crippen LogP contribution is -2.25. The second-order valence-corrected chi connectivity index (χ2v) is 8.25. The highest BCUT2D eigenvalue weighted by atomic mass is 16.5. The topological polar surface area (TPSA) is 71.3 Å². The molecule has 2 aliphatic rings. The number of aryl methyl sites for hydroxylation is 1. The van der Waals surface area contributed by atoms with Crippen LogP contribution in [0.5, 0.6) is 0 Å². The Morgan fingerprint density at radius 2 is 1.97 bits per heavy atom. The van der Waals surface area contributed by atoms with E-state index >= 15 is 0 Å². The summed E-state index contributed by atoms with van der Waals surface area (Å²) in [6.45, 7) is 5.63. The highest BCUT2D eigenvalue weighted by Gasteiger charge is 2.28. The van der Waals surface area contributed by atoms with E-state index in [9.17, 15) is 4.79 Å². The highest BCUT2D eigenvalue weighted by Crippen LogP contribution is 2.40. The normalized spacial score (nSPS) is 17.1. The molecule has 1 saturated heterocycles. The van der Waals surface area contributed by atoms with Gasteiger partial charge in [0.25, 0.3) is 11.6 Å². The highest BCUT2D eigenvalue weighted by molar-refractivity contribution is 6.06. The molecule has 0 unspecified atom stereocenters. The van der Waals surface area contributed by atoms with E-state index in [1.54, 1.807) is 0 Å². The van der Waals surface area contributed by atoms with Crippen molar-refractivity contribution in [1.29, 1.82) is 0 Å². The minimum Gasteiger partial charge on any atom is -0.348 e. The number of pyridine rings is 1. The first-order valence-corrected chi connectivity index (χ1v) is 10.5. The van der Waals surface area contributed by atoms with Crippen LogP contribution in [0.2, 0.25) is 0 Å². The van der Waals surface area contributed by atoms with Crippen molar-refractivity contribution in [3.63, 3.8) is 0 Å². The summed E-state index contributed by atoms with van der Waals surface area (Å²) in [6, 6.07) is 10.3. The maximum Gasteiger partial charge on any atom is 0.259 e. The van der Waals surface area contributed by atoms with Gasteiger partial charge in [0.2, 0.25) is 0 Å². The van der Waals surface area contributed by atoms with Crippen LogP contribution in [0.15, 0.2) is 34.9 Å². The summed E-state index contributed by atoms with van der Waals surface area (Å²) in [5.74, 6) is 0.346. The Morgan fingerprint density at radius 3 is 2.72 bits per heavy atom. The fourth-order valence-electron chi connectivity index (χ4n) is 4.22. The van der Waals surface area contributed by atoms with Crippen LogP contribution in [-0.2, 0) is 13.1 Å². The lowest BCUT2D eigenvalue weighted by Gasteiger charge is -2.18. The Balaban J connectivity index is 1.37. The van der Waals surface area contributed by atoms with Gasteiger partial charge in [0.1, 0.15) is 0 Å². The molecule has 6 nitrogen and oxygen atoms in total. The molecule has 0 radical (unpaired) electrons. The van der Waals surface area contributed by atoms with E-state index in [2.05, 4.69) is 38.6 Å². The molecule has 3 heterocycles. The minimum absolute atomic E-state index is 0.0958.